The molecule has 0 unspecified atom stereocenters. The van der Waals surface area contributed by atoms with Crippen molar-refractivity contribution in [2.24, 2.45) is 5.73 Å². The van der Waals surface area contributed by atoms with E-state index in [0.717, 1.165) is 4.90 Å². The van der Waals surface area contributed by atoms with Crippen LogP contribution in [0, 0.1) is 0 Å². The first-order valence-corrected chi connectivity index (χ1v) is 11.0. The Labute approximate surface area is 201 Å². The number of carbonyl (C=O) groups excluding carboxylic acids is 4. The van der Waals surface area contributed by atoms with Gasteiger partial charge in [-0.05, 0) is 31.9 Å². The Hall–Kier alpha value is -4.00. The topological polar surface area (TPSA) is 199 Å². The molecule has 35 heavy (non-hydrogen) atoms. The number of imide groups is 1. The van der Waals surface area contributed by atoms with E-state index < -0.39 is 66.8 Å². The molecule has 0 saturated carbocycles. The van der Waals surface area contributed by atoms with Gasteiger partial charge in [-0.1, -0.05) is 30.3 Å². The van der Waals surface area contributed by atoms with Gasteiger partial charge in [0.1, 0.15) is 18.6 Å². The van der Waals surface area contributed by atoms with Gasteiger partial charge in [-0.25, -0.2) is 9.59 Å². The Bertz CT molecular complexity index is 970. The van der Waals surface area contributed by atoms with Crippen LogP contribution in [0.25, 0.3) is 0 Å². The van der Waals surface area contributed by atoms with Gasteiger partial charge in [-0.2, -0.15) is 0 Å². The highest BCUT2D eigenvalue weighted by Gasteiger charge is 2.44. The summed E-state index contributed by atoms with van der Waals surface area (Å²) >= 11 is 0. The van der Waals surface area contributed by atoms with E-state index in [1.165, 1.54) is 17.0 Å². The molecule has 13 nitrogen and oxygen atoms in total. The van der Waals surface area contributed by atoms with Gasteiger partial charge in [0.25, 0.3) is 5.91 Å². The molecule has 5 amide bonds. The Balaban J connectivity index is 2.12. The zero-order chi connectivity index (χ0) is 26.1. The third kappa shape index (κ3) is 6.99. The molecule has 1 aliphatic heterocycles. The second-order valence-electron chi connectivity index (χ2n) is 7.85. The van der Waals surface area contributed by atoms with Crippen LogP contribution in [-0.2, 0) is 24.0 Å². The van der Waals surface area contributed by atoms with Crippen molar-refractivity contribution in [2.45, 2.75) is 44.3 Å². The van der Waals surface area contributed by atoms with Crippen molar-refractivity contribution in [3.05, 3.63) is 35.9 Å². The van der Waals surface area contributed by atoms with Crippen molar-refractivity contribution in [3.8, 4) is 0 Å². The third-order valence-electron chi connectivity index (χ3n) is 5.42. The van der Waals surface area contributed by atoms with E-state index in [1.54, 1.807) is 25.1 Å². The van der Waals surface area contributed by atoms with E-state index in [1.807, 2.05) is 0 Å². The first-order valence-electron chi connectivity index (χ1n) is 11.0. The maximum atomic E-state index is 12.7. The maximum Gasteiger partial charge on any atom is 0.330 e. The summed E-state index contributed by atoms with van der Waals surface area (Å²) in [4.78, 5) is 75.6. The fourth-order valence-electron chi connectivity index (χ4n) is 3.73. The second-order valence-corrected chi connectivity index (χ2v) is 7.85. The van der Waals surface area contributed by atoms with E-state index >= 15 is 0 Å². The predicted molar refractivity (Wildman–Crippen MR) is 121 cm³/mol. The van der Waals surface area contributed by atoms with Crippen molar-refractivity contribution < 1.29 is 39.0 Å². The summed E-state index contributed by atoms with van der Waals surface area (Å²) in [6.07, 6.45) is -0.0266. The summed E-state index contributed by atoms with van der Waals surface area (Å²) in [5.41, 5.74) is 5.73. The number of nitrogens with zero attached hydrogens (tertiary/aromatic N) is 2. The molecular weight excluding hydrogens is 462 g/mol. The van der Waals surface area contributed by atoms with Crippen LogP contribution in [-0.4, -0.2) is 87.4 Å². The molecule has 1 aliphatic rings. The highest BCUT2D eigenvalue weighted by molar-refractivity contribution is 6.06. The van der Waals surface area contributed by atoms with E-state index in [-0.39, 0.29) is 12.1 Å². The van der Waals surface area contributed by atoms with Crippen LogP contribution < -0.4 is 16.4 Å². The lowest BCUT2D eigenvalue weighted by atomic mass is 10.1. The zero-order valence-electron chi connectivity index (χ0n) is 19.2. The molecule has 1 aromatic carbocycles. The van der Waals surface area contributed by atoms with Crippen molar-refractivity contribution >= 4 is 35.7 Å². The average Bonchev–Trinajstić information content (AvgIpc) is 3.03. The number of carboxylic acid groups (broad SMARTS) is 2. The van der Waals surface area contributed by atoms with Gasteiger partial charge in [0.15, 0.2) is 6.04 Å². The van der Waals surface area contributed by atoms with Gasteiger partial charge in [-0.15, -0.1) is 0 Å². The van der Waals surface area contributed by atoms with Crippen LogP contribution in [0.1, 0.15) is 37.8 Å². The number of nitrogens with one attached hydrogen (secondary N) is 2. The predicted octanol–water partition coefficient (Wildman–Crippen LogP) is -0.720. The lowest BCUT2D eigenvalue weighted by Gasteiger charge is -2.22. The third-order valence-corrected chi connectivity index (χ3v) is 5.42. The van der Waals surface area contributed by atoms with E-state index in [4.69, 9.17) is 5.73 Å². The van der Waals surface area contributed by atoms with Crippen molar-refractivity contribution in [3.63, 3.8) is 0 Å². The molecule has 190 valence electrons. The minimum absolute atomic E-state index is 0.234. The number of hydrogen-bond acceptors (Lipinski definition) is 7. The fraction of sp³-hybridized carbons (Fsp3) is 0.455. The van der Waals surface area contributed by atoms with Crippen LogP contribution in [0.2, 0.25) is 0 Å². The molecular formula is C22H29N5O8. The standard InChI is InChI=1S/C22H29N5O8/c1-2-26-15(9-6-10-23)20(32)27(22(26)35)12-16(28)24-14(11-17(29)30)19(31)25-18(21(33)34)13-7-4-3-5-8-13/h3-5,7-8,14-15,18H,2,6,9-12,23H2,1H3,(H,24,28)(H,25,31)(H,29,30)(H,33,34)/t14-,15-,18-/m0/s1. The monoisotopic (exact) mass is 491 g/mol. The number of amides is 5. The number of hydrogen-bond donors (Lipinski definition) is 5. The van der Waals surface area contributed by atoms with Crippen LogP contribution >= 0.6 is 0 Å². The SMILES string of the molecule is CCN1C(=O)N(CC(=O)N[C@@H](CC(=O)O)C(=O)N[C@H](C(=O)O)c2ccccc2)C(=O)[C@@H]1CCCN. The number of rotatable bonds is 13. The lowest BCUT2D eigenvalue weighted by molar-refractivity contribution is -0.143. The summed E-state index contributed by atoms with van der Waals surface area (Å²) < 4.78 is 0. The number of benzene rings is 1. The summed E-state index contributed by atoms with van der Waals surface area (Å²) in [5.74, 6) is -5.40. The van der Waals surface area contributed by atoms with Gasteiger partial charge >= 0.3 is 18.0 Å². The Kier molecular flexibility index (Phi) is 9.70. The summed E-state index contributed by atoms with van der Waals surface area (Å²) in [5, 5.41) is 23.1. The van der Waals surface area contributed by atoms with Gasteiger partial charge < -0.3 is 31.5 Å². The molecule has 0 aliphatic carbocycles. The molecule has 1 saturated heterocycles. The molecule has 6 N–H and O–H groups in total. The molecule has 2 rings (SSSR count). The highest BCUT2D eigenvalue weighted by atomic mass is 16.4. The fourth-order valence-corrected chi connectivity index (χ4v) is 3.73. The summed E-state index contributed by atoms with van der Waals surface area (Å²) in [7, 11) is 0. The smallest absolute Gasteiger partial charge is 0.330 e. The number of nitrogens with two attached hydrogens (primary N) is 1. The normalized spacial score (nSPS) is 17.1. The first kappa shape index (κ1) is 27.2. The number of carboxylic acids is 2. The van der Waals surface area contributed by atoms with Crippen molar-refractivity contribution in [1.29, 1.82) is 0 Å². The molecule has 0 bridgehead atoms. The molecule has 0 spiro atoms. The Morgan fingerprint density at radius 2 is 1.74 bits per heavy atom. The largest absolute Gasteiger partial charge is 0.481 e. The molecule has 13 heteroatoms. The minimum Gasteiger partial charge on any atom is -0.481 e. The van der Waals surface area contributed by atoms with Crippen molar-refractivity contribution in [1.82, 2.24) is 20.4 Å². The molecule has 0 radical (unpaired) electrons. The molecule has 1 heterocycles. The van der Waals surface area contributed by atoms with Crippen molar-refractivity contribution in [2.75, 3.05) is 19.6 Å². The van der Waals surface area contributed by atoms with Crippen LogP contribution in [0.15, 0.2) is 30.3 Å². The second kappa shape index (κ2) is 12.5. The number of likely N-dealkylation sites (N-methyl/N-ethyl adjacent to an activating group) is 1. The van der Waals surface area contributed by atoms with Crippen LogP contribution in [0.3, 0.4) is 0 Å². The number of carbonyl (C=O) groups is 6. The van der Waals surface area contributed by atoms with Gasteiger partial charge in [-0.3, -0.25) is 24.1 Å². The quantitative estimate of drug-likeness (QED) is 0.221. The van der Waals surface area contributed by atoms with Gasteiger partial charge in [0, 0.05) is 6.54 Å². The molecule has 0 aromatic heterocycles. The summed E-state index contributed by atoms with van der Waals surface area (Å²) in [6, 6.07) is 3.15. The molecule has 1 fully saturated rings. The highest BCUT2D eigenvalue weighted by Crippen LogP contribution is 2.21. The van der Waals surface area contributed by atoms with Crippen LogP contribution in [0.4, 0.5) is 4.79 Å². The summed E-state index contributed by atoms with van der Waals surface area (Å²) in [6.45, 7) is 1.51. The van der Waals surface area contributed by atoms with E-state index in [9.17, 15) is 39.0 Å². The maximum absolute atomic E-state index is 12.7. The zero-order valence-corrected chi connectivity index (χ0v) is 19.2. The van der Waals surface area contributed by atoms with Crippen LogP contribution in [0.5, 0.6) is 0 Å². The first-order chi connectivity index (χ1) is 16.6. The molecule has 3 atom stereocenters. The van der Waals surface area contributed by atoms with E-state index in [0.29, 0.717) is 19.4 Å². The molecule has 1 aromatic rings. The van der Waals surface area contributed by atoms with Gasteiger partial charge in [0.2, 0.25) is 11.8 Å². The lowest BCUT2D eigenvalue weighted by Crippen LogP contribution is -2.52. The number of aliphatic carboxylic acids is 2. The Morgan fingerprint density at radius 1 is 1.09 bits per heavy atom. The minimum atomic E-state index is -1.64. The van der Waals surface area contributed by atoms with E-state index in [2.05, 4.69) is 10.6 Å². The van der Waals surface area contributed by atoms with Gasteiger partial charge in [0.05, 0.1) is 6.42 Å². The number of urea groups is 1. The Morgan fingerprint density at radius 3 is 2.29 bits per heavy atom. The average molecular weight is 492 g/mol.